The standard InChI is InChI=1S/C8H15N3O/c1-6(5-9)10-8(12)7(2)11(3)4/h6-7H,1-4H3,(H,10,12)/t6-,7+/m1/s1. The molecule has 0 spiro atoms. The molecule has 0 heterocycles. The molecular formula is C8H15N3O. The second-order valence-electron chi connectivity index (χ2n) is 3.00. The smallest absolute Gasteiger partial charge is 0.238 e. The fraction of sp³-hybridized carbons (Fsp3) is 0.750. The van der Waals surface area contributed by atoms with Crippen molar-refractivity contribution in [1.29, 1.82) is 5.26 Å². The normalized spacial score (nSPS) is 15.0. The Labute approximate surface area is 73.2 Å². The quantitative estimate of drug-likeness (QED) is 0.645. The predicted molar refractivity (Wildman–Crippen MR) is 46.4 cm³/mol. The summed E-state index contributed by atoms with van der Waals surface area (Å²) in [6.07, 6.45) is 0. The van der Waals surface area contributed by atoms with E-state index in [2.05, 4.69) is 5.32 Å². The summed E-state index contributed by atoms with van der Waals surface area (Å²) in [7, 11) is 3.64. The van der Waals surface area contributed by atoms with Crippen molar-refractivity contribution in [3.63, 3.8) is 0 Å². The van der Waals surface area contributed by atoms with Gasteiger partial charge in [0, 0.05) is 0 Å². The van der Waals surface area contributed by atoms with E-state index in [0.717, 1.165) is 0 Å². The first-order valence-corrected chi connectivity index (χ1v) is 3.85. The Morgan fingerprint density at radius 3 is 2.33 bits per heavy atom. The molecule has 0 aromatic heterocycles. The third kappa shape index (κ3) is 3.35. The van der Waals surface area contributed by atoms with Gasteiger partial charge in [-0.25, -0.2) is 0 Å². The average molecular weight is 169 g/mol. The molecule has 0 aliphatic rings. The number of amides is 1. The Morgan fingerprint density at radius 2 is 2.00 bits per heavy atom. The van der Waals surface area contributed by atoms with E-state index in [1.807, 2.05) is 20.2 Å². The van der Waals surface area contributed by atoms with E-state index < -0.39 is 6.04 Å². The molecule has 12 heavy (non-hydrogen) atoms. The number of rotatable bonds is 3. The third-order valence-corrected chi connectivity index (χ3v) is 1.71. The first kappa shape index (κ1) is 10.9. The lowest BCUT2D eigenvalue weighted by molar-refractivity contribution is -0.125. The van der Waals surface area contributed by atoms with Crippen LogP contribution >= 0.6 is 0 Å². The van der Waals surface area contributed by atoms with Crippen LogP contribution in [0, 0.1) is 11.3 Å². The van der Waals surface area contributed by atoms with E-state index in [1.165, 1.54) is 0 Å². The highest BCUT2D eigenvalue weighted by Crippen LogP contribution is 1.91. The first-order valence-electron chi connectivity index (χ1n) is 3.85. The largest absolute Gasteiger partial charge is 0.339 e. The number of carbonyl (C=O) groups is 1. The summed E-state index contributed by atoms with van der Waals surface area (Å²) in [6.45, 7) is 3.44. The van der Waals surface area contributed by atoms with Gasteiger partial charge in [0.25, 0.3) is 0 Å². The Bertz CT molecular complexity index is 195. The second-order valence-corrected chi connectivity index (χ2v) is 3.00. The van der Waals surface area contributed by atoms with Gasteiger partial charge in [-0.15, -0.1) is 0 Å². The number of hydrogen-bond acceptors (Lipinski definition) is 3. The SMILES string of the molecule is C[C@H](C#N)NC(=O)[C@H](C)N(C)C. The number of nitrogens with zero attached hydrogens (tertiary/aromatic N) is 2. The van der Waals surface area contributed by atoms with Crippen LogP contribution < -0.4 is 5.32 Å². The Kier molecular flexibility index (Phi) is 4.30. The van der Waals surface area contributed by atoms with E-state index in [4.69, 9.17) is 5.26 Å². The zero-order valence-corrected chi connectivity index (χ0v) is 7.96. The molecular weight excluding hydrogens is 154 g/mol. The van der Waals surface area contributed by atoms with Crippen LogP contribution in [0.2, 0.25) is 0 Å². The van der Waals surface area contributed by atoms with Crippen molar-refractivity contribution in [2.75, 3.05) is 14.1 Å². The number of likely N-dealkylation sites (N-methyl/N-ethyl adjacent to an activating group) is 1. The average Bonchev–Trinajstić information content (AvgIpc) is 2.02. The van der Waals surface area contributed by atoms with E-state index >= 15 is 0 Å². The minimum absolute atomic E-state index is 0.117. The van der Waals surface area contributed by atoms with E-state index in [0.29, 0.717) is 0 Å². The summed E-state index contributed by atoms with van der Waals surface area (Å²) in [6, 6.07) is 1.33. The maximum absolute atomic E-state index is 11.2. The lowest BCUT2D eigenvalue weighted by Crippen LogP contribution is -2.44. The maximum atomic E-state index is 11.2. The van der Waals surface area contributed by atoms with E-state index in [-0.39, 0.29) is 11.9 Å². The summed E-state index contributed by atoms with van der Waals surface area (Å²) in [5.41, 5.74) is 0. The Balaban J connectivity index is 3.98. The maximum Gasteiger partial charge on any atom is 0.238 e. The van der Waals surface area contributed by atoms with Crippen LogP contribution in [0.4, 0.5) is 0 Å². The van der Waals surface area contributed by atoms with E-state index in [9.17, 15) is 4.79 Å². The van der Waals surface area contributed by atoms with Gasteiger partial charge < -0.3 is 5.32 Å². The summed E-state index contributed by atoms with van der Waals surface area (Å²) in [4.78, 5) is 13.0. The van der Waals surface area contributed by atoms with Crippen molar-refractivity contribution in [3.05, 3.63) is 0 Å². The van der Waals surface area contributed by atoms with Gasteiger partial charge in [-0.2, -0.15) is 5.26 Å². The van der Waals surface area contributed by atoms with Gasteiger partial charge in [-0.3, -0.25) is 9.69 Å². The highest BCUT2D eigenvalue weighted by molar-refractivity contribution is 5.81. The van der Waals surface area contributed by atoms with Gasteiger partial charge in [0.05, 0.1) is 12.1 Å². The summed E-state index contributed by atoms with van der Waals surface area (Å²) >= 11 is 0. The molecule has 0 aliphatic heterocycles. The minimum Gasteiger partial charge on any atom is -0.339 e. The third-order valence-electron chi connectivity index (χ3n) is 1.71. The van der Waals surface area contributed by atoms with Gasteiger partial charge >= 0.3 is 0 Å². The van der Waals surface area contributed by atoms with Crippen molar-refractivity contribution < 1.29 is 4.79 Å². The van der Waals surface area contributed by atoms with Crippen LogP contribution in [-0.2, 0) is 4.79 Å². The number of hydrogen-bond donors (Lipinski definition) is 1. The van der Waals surface area contributed by atoms with Crippen LogP contribution in [0.5, 0.6) is 0 Å². The van der Waals surface area contributed by atoms with Crippen LogP contribution in [0.1, 0.15) is 13.8 Å². The minimum atomic E-state index is -0.417. The lowest BCUT2D eigenvalue weighted by atomic mass is 10.2. The zero-order chi connectivity index (χ0) is 9.72. The molecule has 0 radical (unpaired) electrons. The lowest BCUT2D eigenvalue weighted by Gasteiger charge is -2.19. The molecule has 2 atom stereocenters. The topological polar surface area (TPSA) is 56.1 Å². The van der Waals surface area contributed by atoms with Gasteiger partial charge in [0.2, 0.25) is 5.91 Å². The van der Waals surface area contributed by atoms with Gasteiger partial charge in [0.15, 0.2) is 0 Å². The molecule has 1 N–H and O–H groups in total. The van der Waals surface area contributed by atoms with Crippen molar-refractivity contribution in [1.82, 2.24) is 10.2 Å². The van der Waals surface area contributed by atoms with Crippen molar-refractivity contribution >= 4 is 5.91 Å². The van der Waals surface area contributed by atoms with Crippen LogP contribution in [0.25, 0.3) is 0 Å². The molecule has 0 saturated carbocycles. The van der Waals surface area contributed by atoms with Crippen molar-refractivity contribution in [2.24, 2.45) is 0 Å². The molecule has 68 valence electrons. The zero-order valence-electron chi connectivity index (χ0n) is 7.96. The molecule has 0 saturated heterocycles. The highest BCUT2D eigenvalue weighted by Gasteiger charge is 2.15. The Morgan fingerprint density at radius 1 is 1.50 bits per heavy atom. The van der Waals surface area contributed by atoms with Gasteiger partial charge in [-0.05, 0) is 27.9 Å². The van der Waals surface area contributed by atoms with Crippen LogP contribution in [-0.4, -0.2) is 37.0 Å². The fourth-order valence-electron chi connectivity index (χ4n) is 0.601. The molecule has 0 fully saturated rings. The van der Waals surface area contributed by atoms with Crippen LogP contribution in [0.15, 0.2) is 0 Å². The molecule has 1 amide bonds. The molecule has 0 unspecified atom stereocenters. The summed E-state index contributed by atoms with van der Waals surface area (Å²) in [5.74, 6) is -0.117. The van der Waals surface area contributed by atoms with E-state index in [1.54, 1.807) is 18.7 Å². The first-order chi connectivity index (χ1) is 5.49. The number of nitrogens with one attached hydrogen (secondary N) is 1. The van der Waals surface area contributed by atoms with Crippen molar-refractivity contribution in [3.8, 4) is 6.07 Å². The summed E-state index contributed by atoms with van der Waals surface area (Å²) < 4.78 is 0. The molecule has 0 aromatic rings. The van der Waals surface area contributed by atoms with Gasteiger partial charge in [0.1, 0.15) is 6.04 Å². The van der Waals surface area contributed by atoms with Crippen LogP contribution in [0.3, 0.4) is 0 Å². The molecule has 0 rings (SSSR count). The molecule has 4 nitrogen and oxygen atoms in total. The Hall–Kier alpha value is -1.08. The molecule has 4 heteroatoms. The second kappa shape index (κ2) is 4.73. The number of nitriles is 1. The summed E-state index contributed by atoms with van der Waals surface area (Å²) in [5, 5.41) is 11.0. The highest BCUT2D eigenvalue weighted by atomic mass is 16.2. The number of carbonyl (C=O) groups excluding carboxylic acids is 1. The molecule has 0 aromatic carbocycles. The van der Waals surface area contributed by atoms with Crippen molar-refractivity contribution in [2.45, 2.75) is 25.9 Å². The fourth-order valence-corrected chi connectivity index (χ4v) is 0.601. The van der Waals surface area contributed by atoms with Gasteiger partial charge in [-0.1, -0.05) is 0 Å². The monoisotopic (exact) mass is 169 g/mol. The molecule has 0 aliphatic carbocycles. The predicted octanol–water partition coefficient (Wildman–Crippen LogP) is -0.0352. The molecule has 0 bridgehead atoms.